The van der Waals surface area contributed by atoms with Crippen molar-refractivity contribution >= 4 is 51.4 Å². The molecule has 1 fully saturated rings. The Morgan fingerprint density at radius 3 is 2.47 bits per heavy atom. The van der Waals surface area contributed by atoms with Gasteiger partial charge in [-0.15, -0.1) is 0 Å². The zero-order chi connectivity index (χ0) is 21.1. The molecule has 0 bridgehead atoms. The third-order valence-corrected chi connectivity index (χ3v) is 5.85. The van der Waals surface area contributed by atoms with Gasteiger partial charge >= 0.3 is 0 Å². The molecule has 1 saturated heterocycles. The number of rotatable bonds is 6. The first-order valence-corrected chi connectivity index (χ1v) is 10.5. The number of carbonyl (C=O) groups excluding carboxylic acids is 2. The van der Waals surface area contributed by atoms with E-state index in [-0.39, 0.29) is 24.3 Å². The monoisotopic (exact) mass is 439 g/mol. The highest BCUT2D eigenvalue weighted by Crippen LogP contribution is 2.35. The zero-order valence-corrected chi connectivity index (χ0v) is 17.7. The first-order chi connectivity index (χ1) is 14.6. The minimum Gasteiger partial charge on any atom is -0.496 e. The topological polar surface area (TPSA) is 55.8 Å². The molecule has 5 nitrogen and oxygen atoms in total. The molecule has 1 aliphatic rings. The standard InChI is InChI=1S/C23H18ClNO4S/c1-28-20-11-6-15(18-4-2-3-5-19(18)20)14-21-22(26)25(23(27)30-21)12-13-29-17-9-7-16(24)8-10-17/h2-11,14H,12-13H2,1H3/b21-14-. The molecule has 0 aliphatic carbocycles. The highest BCUT2D eigenvalue weighted by atomic mass is 35.5. The number of benzene rings is 3. The average molecular weight is 440 g/mol. The summed E-state index contributed by atoms with van der Waals surface area (Å²) in [4.78, 5) is 26.8. The number of thioether (sulfide) groups is 1. The van der Waals surface area contributed by atoms with Crippen molar-refractivity contribution in [3.63, 3.8) is 0 Å². The Morgan fingerprint density at radius 2 is 1.73 bits per heavy atom. The molecule has 152 valence electrons. The van der Waals surface area contributed by atoms with Crippen LogP contribution in [-0.4, -0.2) is 36.3 Å². The molecule has 0 unspecified atom stereocenters. The van der Waals surface area contributed by atoms with E-state index in [2.05, 4.69) is 0 Å². The van der Waals surface area contributed by atoms with Crippen molar-refractivity contribution in [1.29, 1.82) is 0 Å². The summed E-state index contributed by atoms with van der Waals surface area (Å²) in [6, 6.07) is 18.5. The fraction of sp³-hybridized carbons (Fsp3) is 0.130. The van der Waals surface area contributed by atoms with Gasteiger partial charge in [-0.2, -0.15) is 0 Å². The summed E-state index contributed by atoms with van der Waals surface area (Å²) in [6.45, 7) is 0.381. The molecule has 0 aromatic heterocycles. The smallest absolute Gasteiger partial charge is 0.293 e. The molecule has 3 aromatic carbocycles. The molecule has 4 rings (SSSR count). The van der Waals surface area contributed by atoms with Crippen LogP contribution in [0.2, 0.25) is 5.02 Å². The van der Waals surface area contributed by atoms with Crippen LogP contribution < -0.4 is 9.47 Å². The quantitative estimate of drug-likeness (QED) is 0.467. The lowest BCUT2D eigenvalue weighted by Crippen LogP contribution is -2.32. The Kier molecular flexibility index (Phi) is 5.97. The Hall–Kier alpha value is -2.96. The van der Waals surface area contributed by atoms with Crippen LogP contribution in [0.4, 0.5) is 4.79 Å². The first-order valence-electron chi connectivity index (χ1n) is 9.26. The number of carbonyl (C=O) groups is 2. The first kappa shape index (κ1) is 20.3. The van der Waals surface area contributed by atoms with Gasteiger partial charge < -0.3 is 9.47 Å². The minimum absolute atomic E-state index is 0.175. The maximum Gasteiger partial charge on any atom is 0.293 e. The normalized spacial score (nSPS) is 15.3. The van der Waals surface area contributed by atoms with Gasteiger partial charge in [-0.25, -0.2) is 0 Å². The van der Waals surface area contributed by atoms with Gasteiger partial charge in [-0.1, -0.05) is 41.9 Å². The Morgan fingerprint density at radius 1 is 1.00 bits per heavy atom. The molecule has 0 N–H and O–H groups in total. The Labute approximate surface area is 183 Å². The number of imide groups is 1. The highest BCUT2D eigenvalue weighted by molar-refractivity contribution is 8.18. The Balaban J connectivity index is 1.50. The lowest BCUT2D eigenvalue weighted by atomic mass is 10.0. The number of methoxy groups -OCH3 is 1. The molecule has 0 radical (unpaired) electrons. The van der Waals surface area contributed by atoms with Crippen molar-refractivity contribution in [2.24, 2.45) is 0 Å². The molecular weight excluding hydrogens is 422 g/mol. The molecular formula is C23H18ClNO4S. The van der Waals surface area contributed by atoms with E-state index >= 15 is 0 Å². The molecule has 1 aliphatic heterocycles. The number of fused-ring (bicyclic) bond motifs is 1. The molecule has 7 heteroatoms. The fourth-order valence-corrected chi connectivity index (χ4v) is 4.20. The van der Waals surface area contributed by atoms with E-state index in [0.29, 0.717) is 15.7 Å². The number of ether oxygens (including phenoxy) is 2. The van der Waals surface area contributed by atoms with Crippen LogP contribution in [0.5, 0.6) is 11.5 Å². The maximum absolute atomic E-state index is 12.8. The molecule has 30 heavy (non-hydrogen) atoms. The van der Waals surface area contributed by atoms with Crippen LogP contribution >= 0.6 is 23.4 Å². The summed E-state index contributed by atoms with van der Waals surface area (Å²) >= 11 is 6.79. The van der Waals surface area contributed by atoms with Gasteiger partial charge in [0.2, 0.25) is 0 Å². The van der Waals surface area contributed by atoms with E-state index in [9.17, 15) is 9.59 Å². The van der Waals surface area contributed by atoms with Crippen molar-refractivity contribution in [2.75, 3.05) is 20.3 Å². The van der Waals surface area contributed by atoms with Gasteiger partial charge in [0.15, 0.2) is 0 Å². The van der Waals surface area contributed by atoms with Crippen LogP contribution in [0, 0.1) is 0 Å². The summed E-state index contributed by atoms with van der Waals surface area (Å²) in [7, 11) is 1.62. The van der Waals surface area contributed by atoms with Crippen molar-refractivity contribution < 1.29 is 19.1 Å². The van der Waals surface area contributed by atoms with Crippen molar-refractivity contribution in [3.8, 4) is 11.5 Å². The number of nitrogens with zero attached hydrogens (tertiary/aromatic N) is 1. The molecule has 2 amide bonds. The number of hydrogen-bond acceptors (Lipinski definition) is 5. The lowest BCUT2D eigenvalue weighted by Gasteiger charge is -2.13. The van der Waals surface area contributed by atoms with Crippen LogP contribution in [0.3, 0.4) is 0 Å². The van der Waals surface area contributed by atoms with E-state index < -0.39 is 0 Å². The van der Waals surface area contributed by atoms with Crippen LogP contribution in [0.15, 0.2) is 65.6 Å². The maximum atomic E-state index is 12.8. The third kappa shape index (κ3) is 4.15. The van der Waals surface area contributed by atoms with Gasteiger partial charge in [-0.3, -0.25) is 14.5 Å². The largest absolute Gasteiger partial charge is 0.496 e. The second kappa shape index (κ2) is 8.81. The van der Waals surface area contributed by atoms with Crippen LogP contribution in [-0.2, 0) is 4.79 Å². The predicted octanol–water partition coefficient (Wildman–Crippen LogP) is 5.62. The third-order valence-electron chi connectivity index (χ3n) is 4.70. The van der Waals surface area contributed by atoms with E-state index in [0.717, 1.165) is 33.8 Å². The van der Waals surface area contributed by atoms with E-state index in [1.54, 1.807) is 37.5 Å². The fourth-order valence-electron chi connectivity index (χ4n) is 3.22. The van der Waals surface area contributed by atoms with E-state index in [1.165, 1.54) is 4.90 Å². The summed E-state index contributed by atoms with van der Waals surface area (Å²) in [5.74, 6) is 1.08. The van der Waals surface area contributed by atoms with E-state index in [1.807, 2.05) is 36.4 Å². The minimum atomic E-state index is -0.315. The van der Waals surface area contributed by atoms with Crippen molar-refractivity contribution in [3.05, 3.63) is 76.2 Å². The molecule has 1 heterocycles. The SMILES string of the molecule is COc1ccc(/C=C2\SC(=O)N(CCOc3ccc(Cl)cc3)C2=O)c2ccccc12. The summed E-state index contributed by atoms with van der Waals surface area (Å²) in [6.07, 6.45) is 1.76. The van der Waals surface area contributed by atoms with Crippen molar-refractivity contribution in [1.82, 2.24) is 4.90 Å². The van der Waals surface area contributed by atoms with Crippen LogP contribution in [0.25, 0.3) is 16.8 Å². The summed E-state index contributed by atoms with van der Waals surface area (Å²) in [5, 5.41) is 2.22. The van der Waals surface area contributed by atoms with Crippen LogP contribution in [0.1, 0.15) is 5.56 Å². The van der Waals surface area contributed by atoms with Gasteiger partial charge in [-0.05, 0) is 59.1 Å². The number of amides is 2. The van der Waals surface area contributed by atoms with Gasteiger partial charge in [0.25, 0.3) is 11.1 Å². The van der Waals surface area contributed by atoms with Gasteiger partial charge in [0.1, 0.15) is 18.1 Å². The van der Waals surface area contributed by atoms with Crippen molar-refractivity contribution in [2.45, 2.75) is 0 Å². The zero-order valence-electron chi connectivity index (χ0n) is 16.1. The second-order valence-electron chi connectivity index (χ2n) is 6.54. The molecule has 0 spiro atoms. The number of halogens is 1. The average Bonchev–Trinajstić information content (AvgIpc) is 3.02. The van der Waals surface area contributed by atoms with Gasteiger partial charge in [0, 0.05) is 10.4 Å². The number of hydrogen-bond donors (Lipinski definition) is 0. The lowest BCUT2D eigenvalue weighted by molar-refractivity contribution is -0.123. The van der Waals surface area contributed by atoms with E-state index in [4.69, 9.17) is 21.1 Å². The summed E-state index contributed by atoms with van der Waals surface area (Å²) in [5.41, 5.74) is 0.856. The predicted molar refractivity (Wildman–Crippen MR) is 120 cm³/mol. The highest BCUT2D eigenvalue weighted by Gasteiger charge is 2.34. The molecule has 3 aromatic rings. The molecule has 0 atom stereocenters. The van der Waals surface area contributed by atoms with Gasteiger partial charge in [0.05, 0.1) is 18.6 Å². The molecule has 0 saturated carbocycles. The second-order valence-corrected chi connectivity index (χ2v) is 7.97. The summed E-state index contributed by atoms with van der Waals surface area (Å²) < 4.78 is 11.0. The Bertz CT molecular complexity index is 1140.